The lowest BCUT2D eigenvalue weighted by atomic mass is 10.1. The van der Waals surface area contributed by atoms with E-state index in [1.54, 1.807) is 0 Å². The van der Waals surface area contributed by atoms with Gasteiger partial charge in [-0.2, -0.15) is 0 Å². The van der Waals surface area contributed by atoms with Gasteiger partial charge >= 0.3 is 0 Å². The second-order valence-corrected chi connectivity index (χ2v) is 10.1. The predicted molar refractivity (Wildman–Crippen MR) is 108 cm³/mol. The Morgan fingerprint density at radius 1 is 0.880 bits per heavy atom. The molecule has 0 saturated carbocycles. The Hall–Kier alpha value is -1.63. The third kappa shape index (κ3) is 3.26. The molecule has 0 aromatic heterocycles. The first-order valence-corrected chi connectivity index (χ1v) is 10.9. The highest BCUT2D eigenvalue weighted by Gasteiger charge is 2.48. The highest BCUT2D eigenvalue weighted by molar-refractivity contribution is 7.72. The van der Waals surface area contributed by atoms with E-state index in [1.807, 2.05) is 24.3 Å². The maximum Gasteiger partial charge on any atom is 0.186 e. The van der Waals surface area contributed by atoms with Crippen LogP contribution in [0, 0.1) is 0 Å². The SMILES string of the molecule is CC(C)N(C(C)C)[P@]1(=O)C(c2ccccc2)=CC[C@@H]1c1ccccc1. The number of allylic oxidation sites excluding steroid dienone is 1. The first-order valence-electron chi connectivity index (χ1n) is 9.16. The Morgan fingerprint density at radius 2 is 1.40 bits per heavy atom. The second kappa shape index (κ2) is 7.32. The average Bonchev–Trinajstić information content (AvgIpc) is 2.93. The van der Waals surface area contributed by atoms with Crippen LogP contribution < -0.4 is 0 Å². The zero-order valence-corrected chi connectivity index (χ0v) is 16.5. The molecule has 0 unspecified atom stereocenters. The minimum atomic E-state index is -2.76. The highest BCUT2D eigenvalue weighted by Crippen LogP contribution is 2.76. The van der Waals surface area contributed by atoms with E-state index in [9.17, 15) is 4.57 Å². The predicted octanol–water partition coefficient (Wildman–Crippen LogP) is 6.57. The van der Waals surface area contributed by atoms with E-state index < -0.39 is 7.29 Å². The van der Waals surface area contributed by atoms with Crippen LogP contribution in [-0.2, 0) is 4.57 Å². The van der Waals surface area contributed by atoms with E-state index in [0.717, 1.165) is 17.3 Å². The first-order chi connectivity index (χ1) is 12.0. The minimum absolute atomic E-state index is 0.0358. The average molecular weight is 353 g/mol. The molecule has 1 aliphatic rings. The fourth-order valence-electron chi connectivity index (χ4n) is 4.16. The Labute approximate surface area is 152 Å². The lowest BCUT2D eigenvalue weighted by molar-refractivity contribution is 0.300. The van der Waals surface area contributed by atoms with Gasteiger partial charge in [-0.05, 0) is 45.2 Å². The van der Waals surface area contributed by atoms with Crippen LogP contribution >= 0.6 is 7.29 Å². The Balaban J connectivity index is 2.16. The topological polar surface area (TPSA) is 20.3 Å². The molecule has 1 heterocycles. The largest absolute Gasteiger partial charge is 0.301 e. The number of hydrogen-bond acceptors (Lipinski definition) is 1. The van der Waals surface area contributed by atoms with Crippen LogP contribution in [0.4, 0.5) is 0 Å². The van der Waals surface area contributed by atoms with Crippen LogP contribution in [0.2, 0.25) is 0 Å². The molecule has 25 heavy (non-hydrogen) atoms. The molecule has 2 aromatic rings. The third-order valence-electron chi connectivity index (χ3n) is 4.96. The number of nitrogens with zero attached hydrogens (tertiary/aromatic N) is 1. The van der Waals surface area contributed by atoms with E-state index in [-0.39, 0.29) is 17.7 Å². The summed E-state index contributed by atoms with van der Waals surface area (Å²) < 4.78 is 17.0. The fourth-order valence-corrected chi connectivity index (χ4v) is 8.29. The van der Waals surface area contributed by atoms with Crippen molar-refractivity contribution in [1.82, 2.24) is 4.67 Å². The van der Waals surface area contributed by atoms with Crippen LogP contribution in [0.25, 0.3) is 5.31 Å². The minimum Gasteiger partial charge on any atom is -0.301 e. The van der Waals surface area contributed by atoms with Crippen LogP contribution in [0.5, 0.6) is 0 Å². The Morgan fingerprint density at radius 3 is 1.92 bits per heavy atom. The molecule has 1 aliphatic heterocycles. The monoisotopic (exact) mass is 353 g/mol. The van der Waals surface area contributed by atoms with Crippen molar-refractivity contribution in [1.29, 1.82) is 0 Å². The molecule has 0 bridgehead atoms. The van der Waals surface area contributed by atoms with Gasteiger partial charge in [0.1, 0.15) is 0 Å². The molecule has 0 radical (unpaired) electrons. The summed E-state index contributed by atoms with van der Waals surface area (Å²) in [5, 5.41) is 1.03. The third-order valence-corrected chi connectivity index (χ3v) is 9.05. The Bertz CT molecular complexity index is 772. The molecule has 3 rings (SSSR count). The Kier molecular flexibility index (Phi) is 5.32. The second-order valence-electron chi connectivity index (χ2n) is 7.31. The van der Waals surface area contributed by atoms with Crippen molar-refractivity contribution >= 4 is 12.6 Å². The summed E-state index contributed by atoms with van der Waals surface area (Å²) >= 11 is 0. The quantitative estimate of drug-likeness (QED) is 0.567. The zero-order chi connectivity index (χ0) is 18.0. The molecule has 0 spiro atoms. The van der Waals surface area contributed by atoms with Gasteiger partial charge in [0.05, 0.1) is 5.66 Å². The molecule has 2 nitrogen and oxygen atoms in total. The van der Waals surface area contributed by atoms with E-state index in [1.165, 1.54) is 5.56 Å². The molecule has 2 aromatic carbocycles. The molecule has 3 heteroatoms. The van der Waals surface area contributed by atoms with Crippen LogP contribution in [0.15, 0.2) is 66.7 Å². The number of hydrogen-bond donors (Lipinski definition) is 0. The molecule has 0 fully saturated rings. The van der Waals surface area contributed by atoms with E-state index in [4.69, 9.17) is 0 Å². The molecule has 0 saturated heterocycles. The lowest BCUT2D eigenvalue weighted by Crippen LogP contribution is -2.35. The summed E-state index contributed by atoms with van der Waals surface area (Å²) in [4.78, 5) is 0. The van der Waals surface area contributed by atoms with Gasteiger partial charge in [0.15, 0.2) is 7.29 Å². The van der Waals surface area contributed by atoms with Crippen molar-refractivity contribution in [3.63, 3.8) is 0 Å². The summed E-state index contributed by atoms with van der Waals surface area (Å²) in [7, 11) is -2.76. The first kappa shape index (κ1) is 18.2. The molecule has 0 aliphatic carbocycles. The van der Waals surface area contributed by atoms with Crippen molar-refractivity contribution in [2.45, 2.75) is 51.9 Å². The van der Waals surface area contributed by atoms with E-state index >= 15 is 0 Å². The van der Waals surface area contributed by atoms with Crippen molar-refractivity contribution in [3.05, 3.63) is 77.9 Å². The van der Waals surface area contributed by atoms with Crippen molar-refractivity contribution in [3.8, 4) is 0 Å². The van der Waals surface area contributed by atoms with E-state index in [0.29, 0.717) is 0 Å². The highest BCUT2D eigenvalue weighted by atomic mass is 31.2. The smallest absolute Gasteiger partial charge is 0.186 e. The molecular formula is C22H28NOP. The summed E-state index contributed by atoms with van der Waals surface area (Å²) in [6, 6.07) is 21.1. The van der Waals surface area contributed by atoms with Crippen molar-refractivity contribution in [2.24, 2.45) is 0 Å². The van der Waals surface area contributed by atoms with Gasteiger partial charge in [-0.15, -0.1) is 0 Å². The van der Waals surface area contributed by atoms with Gasteiger partial charge in [0.2, 0.25) is 0 Å². The van der Waals surface area contributed by atoms with Crippen LogP contribution in [-0.4, -0.2) is 16.8 Å². The fraction of sp³-hybridized carbons (Fsp3) is 0.364. The molecule has 0 N–H and O–H groups in total. The van der Waals surface area contributed by atoms with Crippen molar-refractivity contribution in [2.75, 3.05) is 0 Å². The summed E-state index contributed by atoms with van der Waals surface area (Å²) in [5.41, 5.74) is 2.31. The van der Waals surface area contributed by atoms with E-state index in [2.05, 4.69) is 74.8 Å². The van der Waals surface area contributed by atoms with Crippen LogP contribution in [0.3, 0.4) is 0 Å². The normalized spacial score (nSPS) is 23.5. The van der Waals surface area contributed by atoms with Gasteiger partial charge in [-0.25, -0.2) is 4.67 Å². The lowest BCUT2D eigenvalue weighted by Gasteiger charge is -2.41. The zero-order valence-electron chi connectivity index (χ0n) is 15.6. The number of benzene rings is 2. The standard InChI is InChI=1S/C22H28NOP/c1-17(2)23(18(3)4)25(24)21(19-11-7-5-8-12-19)15-16-22(25)20-13-9-6-10-14-20/h5-15,17-18,22H,16H2,1-4H3/t22-,25+/m1/s1. The molecular weight excluding hydrogens is 325 g/mol. The summed E-state index contributed by atoms with van der Waals surface area (Å²) in [6.45, 7) is 8.62. The molecule has 2 atom stereocenters. The van der Waals surface area contributed by atoms with Gasteiger partial charge < -0.3 is 4.57 Å². The van der Waals surface area contributed by atoms with Gasteiger partial charge in [0, 0.05) is 17.4 Å². The maximum absolute atomic E-state index is 14.7. The summed E-state index contributed by atoms with van der Waals surface area (Å²) in [5.74, 6) is 0. The van der Waals surface area contributed by atoms with Gasteiger partial charge in [-0.3, -0.25) is 0 Å². The maximum atomic E-state index is 14.7. The number of rotatable bonds is 5. The van der Waals surface area contributed by atoms with Gasteiger partial charge in [-0.1, -0.05) is 66.7 Å². The van der Waals surface area contributed by atoms with Crippen molar-refractivity contribution < 1.29 is 4.57 Å². The van der Waals surface area contributed by atoms with Gasteiger partial charge in [0.25, 0.3) is 0 Å². The molecule has 0 amide bonds. The summed E-state index contributed by atoms with van der Waals surface area (Å²) in [6.07, 6.45) is 3.05. The molecule has 132 valence electrons. The van der Waals surface area contributed by atoms with Crippen LogP contribution in [0.1, 0.15) is 50.9 Å².